The summed E-state index contributed by atoms with van der Waals surface area (Å²) in [5, 5.41) is 20.8. The van der Waals surface area contributed by atoms with Crippen LogP contribution in [-0.4, -0.2) is 56.2 Å². The van der Waals surface area contributed by atoms with Crippen LogP contribution in [0, 0.1) is 0 Å². The van der Waals surface area contributed by atoms with Crippen molar-refractivity contribution < 1.29 is 33.8 Å². The minimum atomic E-state index is -1.10. The van der Waals surface area contributed by atoms with Crippen molar-refractivity contribution in [2.75, 3.05) is 32.6 Å². The predicted octanol–water partition coefficient (Wildman–Crippen LogP) is 3.19. The summed E-state index contributed by atoms with van der Waals surface area (Å²) in [6.07, 6.45) is -0.0393. The summed E-state index contributed by atoms with van der Waals surface area (Å²) >= 11 is 1.10. The number of methoxy groups -OCH3 is 2. The van der Waals surface area contributed by atoms with E-state index in [2.05, 4.69) is 21.3 Å². The number of anilines is 1. The van der Waals surface area contributed by atoms with E-state index in [1.54, 1.807) is 30.3 Å². The van der Waals surface area contributed by atoms with E-state index in [-0.39, 0.29) is 25.4 Å². The van der Waals surface area contributed by atoms with E-state index >= 15 is 0 Å². The van der Waals surface area contributed by atoms with Crippen LogP contribution in [0.3, 0.4) is 0 Å². The third-order valence-electron chi connectivity index (χ3n) is 5.61. The maximum atomic E-state index is 12.4. The Morgan fingerprint density at radius 2 is 1.64 bits per heavy atom. The first-order valence-corrected chi connectivity index (χ1v) is 12.8. The van der Waals surface area contributed by atoms with Crippen molar-refractivity contribution in [3.8, 4) is 11.5 Å². The van der Waals surface area contributed by atoms with E-state index in [4.69, 9.17) is 9.47 Å². The van der Waals surface area contributed by atoms with Gasteiger partial charge in [0.1, 0.15) is 0 Å². The summed E-state index contributed by atoms with van der Waals surface area (Å²) in [5.74, 6) is -2.05. The van der Waals surface area contributed by atoms with Gasteiger partial charge in [0, 0.05) is 26.1 Å². The highest BCUT2D eigenvalue weighted by Gasteiger charge is 2.22. The normalized spacial score (nSPS) is 11.1. The van der Waals surface area contributed by atoms with E-state index in [9.17, 15) is 24.3 Å². The van der Waals surface area contributed by atoms with Gasteiger partial charge in [-0.2, -0.15) is 0 Å². The maximum absolute atomic E-state index is 12.4. The Morgan fingerprint density at radius 3 is 2.33 bits per heavy atom. The number of carbonyl (C=O) groups is 4. The standard InChI is InChI=1S/C27H30N4O7S/c1-37-20-9-8-18(14-21(20)38-2)19(26(34)35)16-29-23(32)12-13-28-25(33)22-10-11-24(39-22)31-27(36)30-15-17-6-4-3-5-7-17/h3-11,14,19H,12-13,15-16H2,1-2H3,(H,28,33)(H,29,32)(H,34,35)(H2,30,31,36). The molecule has 0 aliphatic rings. The highest BCUT2D eigenvalue weighted by molar-refractivity contribution is 7.18. The third-order valence-corrected chi connectivity index (χ3v) is 6.61. The Bertz CT molecular complexity index is 1300. The lowest BCUT2D eigenvalue weighted by molar-refractivity contribution is -0.138. The lowest BCUT2D eigenvalue weighted by Crippen LogP contribution is -2.34. The summed E-state index contributed by atoms with van der Waals surface area (Å²) in [7, 11) is 2.93. The van der Waals surface area contributed by atoms with E-state index in [0.717, 1.165) is 16.9 Å². The molecule has 0 aliphatic heterocycles. The number of urea groups is 1. The Labute approximate surface area is 229 Å². The smallest absolute Gasteiger partial charge is 0.320 e. The fourth-order valence-corrected chi connectivity index (χ4v) is 4.38. The first-order chi connectivity index (χ1) is 18.8. The van der Waals surface area contributed by atoms with Gasteiger partial charge in [0.15, 0.2) is 11.5 Å². The van der Waals surface area contributed by atoms with Gasteiger partial charge >= 0.3 is 12.0 Å². The van der Waals surface area contributed by atoms with Gasteiger partial charge in [0.25, 0.3) is 5.91 Å². The van der Waals surface area contributed by atoms with Crippen LogP contribution in [0.4, 0.5) is 9.80 Å². The number of nitrogens with one attached hydrogen (secondary N) is 4. The van der Waals surface area contributed by atoms with Crippen LogP contribution in [0.2, 0.25) is 0 Å². The number of ether oxygens (including phenoxy) is 2. The van der Waals surface area contributed by atoms with Crippen molar-refractivity contribution in [2.24, 2.45) is 0 Å². The molecular formula is C27H30N4O7S. The number of aliphatic carboxylic acids is 1. The molecule has 1 unspecified atom stereocenters. The van der Waals surface area contributed by atoms with Crippen molar-refractivity contribution in [1.29, 1.82) is 0 Å². The number of hydrogen-bond acceptors (Lipinski definition) is 7. The number of carboxylic acid groups (broad SMARTS) is 1. The van der Waals surface area contributed by atoms with Gasteiger partial charge in [-0.05, 0) is 35.4 Å². The molecule has 39 heavy (non-hydrogen) atoms. The molecule has 0 bridgehead atoms. The van der Waals surface area contributed by atoms with Crippen molar-refractivity contribution in [3.63, 3.8) is 0 Å². The highest BCUT2D eigenvalue weighted by atomic mass is 32.1. The number of hydrogen-bond donors (Lipinski definition) is 5. The fraction of sp³-hybridized carbons (Fsp3) is 0.259. The molecule has 4 amide bonds. The van der Waals surface area contributed by atoms with Crippen molar-refractivity contribution in [1.82, 2.24) is 16.0 Å². The lowest BCUT2D eigenvalue weighted by Gasteiger charge is -2.16. The summed E-state index contributed by atoms with van der Waals surface area (Å²) in [6.45, 7) is 0.288. The molecule has 11 nitrogen and oxygen atoms in total. The van der Waals surface area contributed by atoms with Gasteiger partial charge in [0.05, 0.1) is 30.0 Å². The molecule has 1 atom stereocenters. The molecular weight excluding hydrogens is 524 g/mol. The van der Waals surface area contributed by atoms with E-state index in [1.165, 1.54) is 14.2 Å². The highest BCUT2D eigenvalue weighted by Crippen LogP contribution is 2.30. The molecule has 5 N–H and O–H groups in total. The zero-order valence-corrected chi connectivity index (χ0v) is 22.3. The Balaban J connectivity index is 1.41. The Kier molecular flexibility index (Phi) is 10.7. The molecule has 0 radical (unpaired) electrons. The number of thiophene rings is 1. The topological polar surface area (TPSA) is 155 Å². The average Bonchev–Trinajstić information content (AvgIpc) is 3.40. The number of carbonyl (C=O) groups excluding carboxylic acids is 3. The second-order valence-electron chi connectivity index (χ2n) is 8.27. The third kappa shape index (κ3) is 8.75. The zero-order chi connectivity index (χ0) is 28.2. The van der Waals surface area contributed by atoms with E-state index in [1.807, 2.05) is 30.3 Å². The monoisotopic (exact) mass is 554 g/mol. The van der Waals surface area contributed by atoms with Crippen LogP contribution < -0.4 is 30.7 Å². The zero-order valence-electron chi connectivity index (χ0n) is 21.5. The molecule has 3 rings (SSSR count). The second-order valence-corrected chi connectivity index (χ2v) is 9.36. The van der Waals surface area contributed by atoms with Gasteiger partial charge < -0.3 is 30.5 Å². The van der Waals surface area contributed by atoms with Crippen LogP contribution in [0.25, 0.3) is 0 Å². The molecule has 206 valence electrons. The van der Waals surface area contributed by atoms with Crippen LogP contribution >= 0.6 is 11.3 Å². The SMILES string of the molecule is COc1ccc(C(CNC(=O)CCNC(=O)c2ccc(NC(=O)NCc3ccccc3)s2)C(=O)O)cc1OC. The molecule has 3 aromatic rings. The molecule has 0 saturated carbocycles. The van der Waals surface area contributed by atoms with Crippen LogP contribution in [-0.2, 0) is 16.1 Å². The first kappa shape index (κ1) is 29.0. The van der Waals surface area contributed by atoms with E-state index < -0.39 is 23.8 Å². The van der Waals surface area contributed by atoms with Crippen molar-refractivity contribution >= 4 is 40.2 Å². The first-order valence-electron chi connectivity index (χ1n) is 12.0. The molecule has 0 saturated heterocycles. The largest absolute Gasteiger partial charge is 0.493 e. The van der Waals surface area contributed by atoms with Crippen LogP contribution in [0.15, 0.2) is 60.7 Å². The van der Waals surface area contributed by atoms with Crippen molar-refractivity contribution in [3.05, 3.63) is 76.7 Å². The average molecular weight is 555 g/mol. The molecule has 0 aliphatic carbocycles. The summed E-state index contributed by atoms with van der Waals surface area (Å²) in [6, 6.07) is 17.0. The number of carboxylic acids is 1. The summed E-state index contributed by atoms with van der Waals surface area (Å²) < 4.78 is 10.4. The molecule has 1 heterocycles. The van der Waals surface area contributed by atoms with E-state index in [0.29, 0.717) is 33.5 Å². The lowest BCUT2D eigenvalue weighted by atomic mass is 9.98. The fourth-order valence-electron chi connectivity index (χ4n) is 3.56. The number of rotatable bonds is 13. The maximum Gasteiger partial charge on any atom is 0.320 e. The molecule has 12 heteroatoms. The minimum absolute atomic E-state index is 0.0393. The van der Waals surface area contributed by atoms with Crippen LogP contribution in [0.1, 0.15) is 33.1 Å². The van der Waals surface area contributed by atoms with Gasteiger partial charge in [-0.3, -0.25) is 19.7 Å². The minimum Gasteiger partial charge on any atom is -0.493 e. The number of benzene rings is 2. The summed E-state index contributed by atoms with van der Waals surface area (Å²) in [5.41, 5.74) is 1.41. The van der Waals surface area contributed by atoms with Gasteiger partial charge in [-0.1, -0.05) is 36.4 Å². The summed E-state index contributed by atoms with van der Waals surface area (Å²) in [4.78, 5) is 49.0. The Morgan fingerprint density at radius 1 is 0.897 bits per heavy atom. The predicted molar refractivity (Wildman–Crippen MR) is 147 cm³/mol. The molecule has 0 fully saturated rings. The quantitative estimate of drug-likeness (QED) is 0.217. The number of amides is 4. The van der Waals surface area contributed by atoms with Gasteiger partial charge in [0.2, 0.25) is 5.91 Å². The van der Waals surface area contributed by atoms with Crippen LogP contribution in [0.5, 0.6) is 11.5 Å². The second kappa shape index (κ2) is 14.4. The molecule has 1 aromatic heterocycles. The van der Waals surface area contributed by atoms with Crippen molar-refractivity contribution in [2.45, 2.75) is 18.9 Å². The van der Waals surface area contributed by atoms with Gasteiger partial charge in [-0.25, -0.2) is 4.79 Å². The Hall–Kier alpha value is -4.58. The molecule has 2 aromatic carbocycles. The van der Waals surface area contributed by atoms with Gasteiger partial charge in [-0.15, -0.1) is 11.3 Å². The molecule has 0 spiro atoms.